The molecule has 1 heterocycles. The molecule has 0 spiro atoms. The molecule has 0 amide bonds. The van der Waals surface area contributed by atoms with Crippen molar-refractivity contribution in [2.24, 2.45) is 0 Å². The Morgan fingerprint density at radius 1 is 1.00 bits per heavy atom. The van der Waals surface area contributed by atoms with Gasteiger partial charge in [0.05, 0.1) is 0 Å². The first-order valence-electron chi connectivity index (χ1n) is 6.39. The second-order valence-corrected chi connectivity index (χ2v) is 5.12. The molecule has 1 rings (SSSR count). The third kappa shape index (κ3) is 4.76. The first kappa shape index (κ1) is 16.4. The Morgan fingerprint density at radius 3 is 1.80 bits per heavy atom. The normalized spacial score (nSPS) is 10.4. The number of nitrogens with zero attached hydrogens (tertiary/aromatic N) is 3. The number of hydrogen-bond donors (Lipinski definition) is 2. The highest BCUT2D eigenvalue weighted by atomic mass is 32.2. The lowest BCUT2D eigenvalue weighted by Crippen LogP contribution is -2.23. The highest BCUT2D eigenvalue weighted by molar-refractivity contribution is 8.01. The zero-order valence-corrected chi connectivity index (χ0v) is 12.9. The van der Waals surface area contributed by atoms with E-state index in [1.165, 1.54) is 13.8 Å². The van der Waals surface area contributed by atoms with Crippen LogP contribution in [0.3, 0.4) is 0 Å². The van der Waals surface area contributed by atoms with Crippen LogP contribution in [0, 0.1) is 0 Å². The summed E-state index contributed by atoms with van der Waals surface area (Å²) >= 11 is 1.04. The van der Waals surface area contributed by atoms with Crippen LogP contribution >= 0.6 is 11.8 Å². The average molecular weight is 297 g/mol. The number of ketones is 2. The molecule has 0 radical (unpaired) electrons. The molecule has 0 unspecified atom stereocenters. The Morgan fingerprint density at radius 2 is 1.45 bits per heavy atom. The zero-order chi connectivity index (χ0) is 15.1. The van der Waals surface area contributed by atoms with Gasteiger partial charge in [0.1, 0.15) is 5.25 Å². The summed E-state index contributed by atoms with van der Waals surface area (Å²) in [7, 11) is 0. The summed E-state index contributed by atoms with van der Waals surface area (Å²) in [6.45, 7) is 7.97. The number of thioether (sulfide) groups is 1. The van der Waals surface area contributed by atoms with Crippen LogP contribution in [0.15, 0.2) is 5.16 Å². The van der Waals surface area contributed by atoms with E-state index in [9.17, 15) is 9.59 Å². The predicted octanol–water partition coefficient (Wildman–Crippen LogP) is 1.37. The van der Waals surface area contributed by atoms with E-state index in [-0.39, 0.29) is 11.6 Å². The third-order valence-electron chi connectivity index (χ3n) is 2.25. The number of nitrogens with one attached hydrogen (secondary N) is 2. The van der Waals surface area contributed by atoms with E-state index < -0.39 is 5.25 Å². The van der Waals surface area contributed by atoms with Crippen LogP contribution in [-0.2, 0) is 9.59 Å². The summed E-state index contributed by atoms with van der Waals surface area (Å²) in [5.41, 5.74) is 0. The van der Waals surface area contributed by atoms with Crippen LogP contribution < -0.4 is 10.6 Å². The number of carbonyl (C=O) groups excluding carboxylic acids is 2. The fourth-order valence-electron chi connectivity index (χ4n) is 1.44. The Hall–Kier alpha value is -1.70. The van der Waals surface area contributed by atoms with Gasteiger partial charge in [-0.25, -0.2) is 0 Å². The van der Waals surface area contributed by atoms with Crippen molar-refractivity contribution in [1.82, 2.24) is 15.0 Å². The second-order valence-electron chi connectivity index (χ2n) is 4.05. The van der Waals surface area contributed by atoms with E-state index in [1.807, 2.05) is 13.8 Å². The molecule has 0 saturated carbocycles. The molecule has 0 fully saturated rings. The number of carbonyl (C=O) groups is 2. The molecule has 0 saturated heterocycles. The van der Waals surface area contributed by atoms with Gasteiger partial charge in [-0.15, -0.1) is 0 Å². The highest BCUT2D eigenvalue weighted by Crippen LogP contribution is 2.23. The molecule has 0 aromatic carbocycles. The van der Waals surface area contributed by atoms with Gasteiger partial charge < -0.3 is 10.6 Å². The molecule has 20 heavy (non-hydrogen) atoms. The number of aromatic nitrogens is 3. The van der Waals surface area contributed by atoms with Crippen LogP contribution in [0.4, 0.5) is 11.9 Å². The number of Topliss-reactive ketones (excluding diaryl/α,β-unsaturated/α-hetero) is 2. The summed E-state index contributed by atoms with van der Waals surface area (Å²) in [6, 6.07) is 0. The number of rotatable bonds is 8. The van der Waals surface area contributed by atoms with Crippen molar-refractivity contribution in [3.8, 4) is 0 Å². The monoisotopic (exact) mass is 297 g/mol. The van der Waals surface area contributed by atoms with Gasteiger partial charge >= 0.3 is 0 Å². The minimum atomic E-state index is -0.777. The van der Waals surface area contributed by atoms with Gasteiger partial charge in [-0.1, -0.05) is 11.8 Å². The van der Waals surface area contributed by atoms with E-state index in [2.05, 4.69) is 25.6 Å². The van der Waals surface area contributed by atoms with E-state index in [1.54, 1.807) is 0 Å². The first-order valence-corrected chi connectivity index (χ1v) is 7.27. The largest absolute Gasteiger partial charge is 0.354 e. The fraction of sp³-hybridized carbons (Fsp3) is 0.583. The molecule has 7 nitrogen and oxygen atoms in total. The molecule has 0 aliphatic heterocycles. The smallest absolute Gasteiger partial charge is 0.228 e. The molecule has 1 aromatic heterocycles. The molecule has 110 valence electrons. The standard InChI is InChI=1S/C12H19N5O2S/c1-5-13-10-15-11(14-6-2)17-12(16-10)20-9(7(3)18)8(4)19/h9H,5-6H2,1-4H3,(H2,13,14,15,16,17). The van der Waals surface area contributed by atoms with E-state index in [0.717, 1.165) is 11.8 Å². The molecule has 0 bridgehead atoms. The Labute approximate surface area is 122 Å². The lowest BCUT2D eigenvalue weighted by molar-refractivity contribution is -0.123. The molecule has 0 atom stereocenters. The van der Waals surface area contributed by atoms with Gasteiger partial charge in [-0.3, -0.25) is 9.59 Å². The van der Waals surface area contributed by atoms with Crippen LogP contribution in [-0.4, -0.2) is 44.9 Å². The molecule has 1 aromatic rings. The van der Waals surface area contributed by atoms with Gasteiger partial charge in [-0.2, -0.15) is 15.0 Å². The summed E-state index contributed by atoms with van der Waals surface area (Å²) in [5, 5.41) is 5.56. The van der Waals surface area contributed by atoms with Crippen LogP contribution in [0.5, 0.6) is 0 Å². The second kappa shape index (κ2) is 7.78. The van der Waals surface area contributed by atoms with Crippen molar-refractivity contribution in [3.63, 3.8) is 0 Å². The van der Waals surface area contributed by atoms with Crippen molar-refractivity contribution in [2.75, 3.05) is 23.7 Å². The lowest BCUT2D eigenvalue weighted by Gasteiger charge is -2.11. The number of hydrogen-bond acceptors (Lipinski definition) is 8. The summed E-state index contributed by atoms with van der Waals surface area (Å²) in [6.07, 6.45) is 0. The van der Waals surface area contributed by atoms with Gasteiger partial charge in [0.2, 0.25) is 11.9 Å². The molecule has 2 N–H and O–H groups in total. The van der Waals surface area contributed by atoms with Crippen LogP contribution in [0.1, 0.15) is 27.7 Å². The maximum atomic E-state index is 11.5. The average Bonchev–Trinajstić information content (AvgIpc) is 2.36. The lowest BCUT2D eigenvalue weighted by atomic mass is 10.2. The minimum Gasteiger partial charge on any atom is -0.354 e. The van der Waals surface area contributed by atoms with Crippen molar-refractivity contribution in [3.05, 3.63) is 0 Å². The Kier molecular flexibility index (Phi) is 6.37. The highest BCUT2D eigenvalue weighted by Gasteiger charge is 2.23. The Balaban J connectivity index is 3.02. The van der Waals surface area contributed by atoms with Crippen LogP contribution in [0.25, 0.3) is 0 Å². The van der Waals surface area contributed by atoms with Crippen molar-refractivity contribution in [2.45, 2.75) is 38.1 Å². The molecular weight excluding hydrogens is 278 g/mol. The zero-order valence-electron chi connectivity index (χ0n) is 12.1. The maximum absolute atomic E-state index is 11.5. The molecule has 0 aliphatic rings. The summed E-state index contributed by atoms with van der Waals surface area (Å²) < 4.78 is 0. The van der Waals surface area contributed by atoms with Crippen molar-refractivity contribution >= 4 is 35.2 Å². The van der Waals surface area contributed by atoms with E-state index in [4.69, 9.17) is 0 Å². The van der Waals surface area contributed by atoms with E-state index >= 15 is 0 Å². The molecule has 0 aliphatic carbocycles. The molecule has 8 heteroatoms. The predicted molar refractivity (Wildman–Crippen MR) is 79.2 cm³/mol. The first-order chi connectivity index (χ1) is 9.47. The summed E-state index contributed by atoms with van der Waals surface area (Å²) in [4.78, 5) is 35.5. The van der Waals surface area contributed by atoms with E-state index in [0.29, 0.717) is 30.1 Å². The molecular formula is C12H19N5O2S. The van der Waals surface area contributed by atoms with Crippen molar-refractivity contribution in [1.29, 1.82) is 0 Å². The third-order valence-corrected chi connectivity index (χ3v) is 3.54. The van der Waals surface area contributed by atoms with Gasteiger partial charge in [0.25, 0.3) is 0 Å². The minimum absolute atomic E-state index is 0.210. The van der Waals surface area contributed by atoms with Crippen molar-refractivity contribution < 1.29 is 9.59 Å². The topological polar surface area (TPSA) is 96.9 Å². The van der Waals surface area contributed by atoms with Gasteiger partial charge in [0.15, 0.2) is 16.7 Å². The Bertz CT molecular complexity index is 456. The van der Waals surface area contributed by atoms with Gasteiger partial charge in [0, 0.05) is 13.1 Å². The number of anilines is 2. The van der Waals surface area contributed by atoms with Crippen LogP contribution in [0.2, 0.25) is 0 Å². The summed E-state index contributed by atoms with van der Waals surface area (Å²) in [5.74, 6) is 0.425. The fourth-order valence-corrected chi connectivity index (χ4v) is 2.26. The quantitative estimate of drug-likeness (QED) is 0.548. The van der Waals surface area contributed by atoms with Gasteiger partial charge in [-0.05, 0) is 27.7 Å². The maximum Gasteiger partial charge on any atom is 0.228 e. The SMILES string of the molecule is CCNc1nc(NCC)nc(SC(C(C)=O)C(C)=O)n1.